The maximum Gasteiger partial charge on any atom is 0.420 e. The first-order valence-corrected chi connectivity index (χ1v) is 9.64. The second-order valence-corrected chi connectivity index (χ2v) is 9.65. The first kappa shape index (κ1) is 21.3. The van der Waals surface area contributed by atoms with E-state index in [1.165, 1.54) is 24.0 Å². The second kappa shape index (κ2) is 8.32. The maximum absolute atomic E-state index is 13.7. The van der Waals surface area contributed by atoms with Gasteiger partial charge in [0.05, 0.1) is 10.6 Å². The van der Waals surface area contributed by atoms with E-state index in [1.54, 1.807) is 12.3 Å². The van der Waals surface area contributed by atoms with Gasteiger partial charge in [0.15, 0.2) is 0 Å². The van der Waals surface area contributed by atoms with Crippen molar-refractivity contribution >= 4 is 30.2 Å². The lowest BCUT2D eigenvalue weighted by molar-refractivity contribution is -0.183. The molecule has 2 aromatic heterocycles. The maximum atomic E-state index is 13.7. The topological polar surface area (TPSA) is 47.8 Å². The summed E-state index contributed by atoms with van der Waals surface area (Å²) in [6, 6.07) is 5.09. The van der Waals surface area contributed by atoms with Crippen LogP contribution in [0, 0.1) is 0 Å². The summed E-state index contributed by atoms with van der Waals surface area (Å²) in [5, 5.41) is 0. The van der Waals surface area contributed by atoms with Crippen molar-refractivity contribution in [1.82, 2.24) is 14.5 Å². The molecule has 0 aliphatic rings. The van der Waals surface area contributed by atoms with Crippen molar-refractivity contribution in [2.24, 2.45) is 0 Å². The summed E-state index contributed by atoms with van der Waals surface area (Å²) in [7, 11) is 3.62. The Balaban J connectivity index is 2.33. The molecule has 0 aliphatic heterocycles. The molecular weight excluding hydrogens is 408 g/mol. The Bertz CT molecular complexity index is 829. The number of hydrogen-bond donors (Lipinski definition) is 0. The summed E-state index contributed by atoms with van der Waals surface area (Å²) in [4.78, 5) is 19.2. The van der Waals surface area contributed by atoms with Crippen molar-refractivity contribution in [3.63, 3.8) is 0 Å². The molecule has 4 nitrogen and oxygen atoms in total. The molecule has 0 radical (unpaired) electrons. The highest BCUT2D eigenvalue weighted by molar-refractivity contribution is 7.99. The molecule has 0 bridgehead atoms. The predicted molar refractivity (Wildman–Crippen MR) is 101 cm³/mol. The van der Waals surface area contributed by atoms with Crippen LogP contribution in [0.25, 0.3) is 11.4 Å². The Morgan fingerprint density at radius 1 is 1.31 bits per heavy atom. The standard InChI is InChI=1S/C15H17F4N3OP2S/c1-2-26-10-4-3-6-20-11(10)9-5-7-22(13(23)21-9)8-14(24,25)12(16)15(17,18)19/h3-7,12H,2,8,24-25H2,1H3. The van der Waals surface area contributed by atoms with Gasteiger partial charge in [0.2, 0.25) is 6.17 Å². The molecule has 142 valence electrons. The molecule has 0 saturated heterocycles. The summed E-state index contributed by atoms with van der Waals surface area (Å²) in [5.41, 5.74) is 0.0584. The molecule has 11 heteroatoms. The first-order chi connectivity index (χ1) is 12.1. The molecule has 3 atom stereocenters. The van der Waals surface area contributed by atoms with E-state index in [-0.39, 0.29) is 0 Å². The summed E-state index contributed by atoms with van der Waals surface area (Å²) in [5.74, 6) is 0.799. The lowest BCUT2D eigenvalue weighted by atomic mass is 10.2. The molecule has 0 aromatic carbocycles. The highest BCUT2D eigenvalue weighted by atomic mass is 32.2. The lowest BCUT2D eigenvalue weighted by Gasteiger charge is -2.30. The molecule has 0 fully saturated rings. The third kappa shape index (κ3) is 5.02. The SMILES string of the molecule is CCSc1cccnc1-c1ccn(CC(P)(P)C(F)C(F)(F)F)c(=O)n1. The molecule has 0 spiro atoms. The van der Waals surface area contributed by atoms with Crippen LogP contribution >= 0.6 is 30.2 Å². The van der Waals surface area contributed by atoms with Crippen LogP contribution in [0.1, 0.15) is 6.92 Å². The minimum atomic E-state index is -5.03. The number of nitrogens with zero attached hydrogens (tertiary/aromatic N) is 3. The van der Waals surface area contributed by atoms with Crippen molar-refractivity contribution in [2.45, 2.75) is 35.6 Å². The highest BCUT2D eigenvalue weighted by Crippen LogP contribution is 2.42. The summed E-state index contributed by atoms with van der Waals surface area (Å²) < 4.78 is 52.5. The number of aromatic nitrogens is 3. The Labute approximate surface area is 156 Å². The van der Waals surface area contributed by atoms with Gasteiger partial charge in [-0.15, -0.1) is 30.2 Å². The third-order valence-electron chi connectivity index (χ3n) is 3.39. The zero-order chi connectivity index (χ0) is 19.5. The molecule has 2 heterocycles. The van der Waals surface area contributed by atoms with Crippen LogP contribution in [0.4, 0.5) is 17.6 Å². The van der Waals surface area contributed by atoms with Crippen LogP contribution in [-0.4, -0.2) is 37.5 Å². The minimum Gasteiger partial charge on any atom is -0.298 e. The van der Waals surface area contributed by atoms with E-state index in [0.717, 1.165) is 15.2 Å². The van der Waals surface area contributed by atoms with Crippen LogP contribution in [0.2, 0.25) is 0 Å². The summed E-state index contributed by atoms with van der Waals surface area (Å²) >= 11 is 1.53. The lowest BCUT2D eigenvalue weighted by Crippen LogP contribution is -2.43. The zero-order valence-corrected chi connectivity index (χ0v) is 16.8. The Hall–Kier alpha value is -1.04. The third-order valence-corrected chi connectivity index (χ3v) is 5.27. The van der Waals surface area contributed by atoms with Gasteiger partial charge in [-0.2, -0.15) is 18.2 Å². The Morgan fingerprint density at radius 2 is 2.00 bits per heavy atom. The fourth-order valence-corrected chi connectivity index (χ4v) is 3.77. The van der Waals surface area contributed by atoms with E-state index in [9.17, 15) is 22.4 Å². The fraction of sp³-hybridized carbons (Fsp3) is 0.400. The van der Waals surface area contributed by atoms with Crippen molar-refractivity contribution < 1.29 is 17.6 Å². The van der Waals surface area contributed by atoms with Gasteiger partial charge in [0.1, 0.15) is 5.69 Å². The molecular formula is C15H17F4N3OP2S. The monoisotopic (exact) mass is 425 g/mol. The van der Waals surface area contributed by atoms with E-state index in [1.807, 2.05) is 31.5 Å². The van der Waals surface area contributed by atoms with Crippen molar-refractivity contribution in [3.8, 4) is 11.4 Å². The number of thioether (sulfide) groups is 1. The van der Waals surface area contributed by atoms with E-state index in [0.29, 0.717) is 11.4 Å². The number of pyridine rings is 1. The average Bonchev–Trinajstić information content (AvgIpc) is 2.56. The number of rotatable bonds is 6. The molecule has 2 aromatic rings. The molecule has 0 amide bonds. The van der Waals surface area contributed by atoms with Crippen molar-refractivity contribution in [2.75, 3.05) is 5.75 Å². The van der Waals surface area contributed by atoms with Gasteiger partial charge in [-0.1, -0.05) is 6.92 Å². The van der Waals surface area contributed by atoms with Crippen LogP contribution in [0.5, 0.6) is 0 Å². The van der Waals surface area contributed by atoms with Crippen LogP contribution in [0.3, 0.4) is 0 Å². The number of halogens is 4. The van der Waals surface area contributed by atoms with Gasteiger partial charge < -0.3 is 0 Å². The van der Waals surface area contributed by atoms with E-state index < -0.39 is 29.5 Å². The van der Waals surface area contributed by atoms with E-state index >= 15 is 0 Å². The molecule has 0 N–H and O–H groups in total. The van der Waals surface area contributed by atoms with Crippen molar-refractivity contribution in [1.29, 1.82) is 0 Å². The zero-order valence-electron chi connectivity index (χ0n) is 13.7. The van der Waals surface area contributed by atoms with E-state index in [2.05, 4.69) is 9.97 Å². The average molecular weight is 425 g/mol. The van der Waals surface area contributed by atoms with Gasteiger partial charge in [-0.25, -0.2) is 9.18 Å². The molecule has 3 unspecified atom stereocenters. The predicted octanol–water partition coefficient (Wildman–Crippen LogP) is 3.76. The van der Waals surface area contributed by atoms with Gasteiger partial charge in [0, 0.05) is 23.8 Å². The van der Waals surface area contributed by atoms with Crippen LogP contribution in [0.15, 0.2) is 40.3 Å². The Kier molecular flexibility index (Phi) is 6.81. The molecule has 26 heavy (non-hydrogen) atoms. The largest absolute Gasteiger partial charge is 0.420 e. The molecule has 2 rings (SSSR count). The number of hydrogen-bond acceptors (Lipinski definition) is 4. The van der Waals surface area contributed by atoms with Crippen LogP contribution < -0.4 is 5.69 Å². The van der Waals surface area contributed by atoms with Gasteiger partial charge in [0.25, 0.3) is 0 Å². The van der Waals surface area contributed by atoms with Gasteiger partial charge in [-0.3, -0.25) is 9.55 Å². The van der Waals surface area contributed by atoms with Crippen molar-refractivity contribution in [3.05, 3.63) is 41.1 Å². The first-order valence-electron chi connectivity index (χ1n) is 7.50. The highest BCUT2D eigenvalue weighted by Gasteiger charge is 2.50. The van der Waals surface area contributed by atoms with Gasteiger partial charge >= 0.3 is 11.9 Å². The molecule has 0 saturated carbocycles. The fourth-order valence-electron chi connectivity index (χ4n) is 2.22. The van der Waals surface area contributed by atoms with E-state index in [4.69, 9.17) is 0 Å². The smallest absolute Gasteiger partial charge is 0.298 e. The second-order valence-electron chi connectivity index (χ2n) is 5.52. The molecule has 0 aliphatic carbocycles. The normalized spacial score (nSPS) is 13.7. The number of alkyl halides is 4. The Morgan fingerprint density at radius 3 is 2.58 bits per heavy atom. The quantitative estimate of drug-likeness (QED) is 0.402. The van der Waals surface area contributed by atoms with Crippen LogP contribution in [-0.2, 0) is 6.54 Å². The minimum absolute atomic E-state index is 0.313. The summed E-state index contributed by atoms with van der Waals surface area (Å²) in [6.07, 6.45) is -5.29. The summed E-state index contributed by atoms with van der Waals surface area (Å²) in [6.45, 7) is 1.45. The van der Waals surface area contributed by atoms with Gasteiger partial charge in [-0.05, 0) is 24.0 Å².